The van der Waals surface area contributed by atoms with Gasteiger partial charge in [-0.25, -0.2) is 9.36 Å². The van der Waals surface area contributed by atoms with E-state index in [0.717, 1.165) is 7.11 Å². The molecule has 0 aromatic heterocycles. The van der Waals surface area contributed by atoms with Gasteiger partial charge in [-0.15, -0.1) is 0 Å². The first-order valence-corrected chi connectivity index (χ1v) is 5.23. The molecular weight excluding hydrogens is 213 g/mol. The van der Waals surface area contributed by atoms with Crippen molar-refractivity contribution in [1.29, 1.82) is 0 Å². The van der Waals surface area contributed by atoms with Crippen LogP contribution in [0.3, 0.4) is 0 Å². The predicted molar refractivity (Wildman–Crippen MR) is 46.2 cm³/mol. The van der Waals surface area contributed by atoms with Crippen molar-refractivity contribution in [3.63, 3.8) is 0 Å². The number of hydrogen-bond donors (Lipinski definition) is 2. The van der Waals surface area contributed by atoms with Gasteiger partial charge in [0.1, 0.15) is 12.3 Å². The van der Waals surface area contributed by atoms with Crippen LogP contribution in [-0.2, 0) is 23.2 Å². The second kappa shape index (κ2) is 5.87. The van der Waals surface area contributed by atoms with E-state index in [-0.39, 0.29) is 12.8 Å². The number of phosphoric acid groups is 1. The SMILES string of the molecule is COP(=O)(O)OC(=O)C(N)CCC=O. The van der Waals surface area contributed by atoms with Crippen molar-refractivity contribution in [2.45, 2.75) is 18.9 Å². The van der Waals surface area contributed by atoms with Gasteiger partial charge in [0.05, 0.1) is 0 Å². The highest BCUT2D eigenvalue weighted by atomic mass is 31.2. The molecule has 82 valence electrons. The van der Waals surface area contributed by atoms with Gasteiger partial charge in [-0.05, 0) is 6.42 Å². The summed E-state index contributed by atoms with van der Waals surface area (Å²) in [5, 5.41) is 0. The molecule has 8 heteroatoms. The highest BCUT2D eigenvalue weighted by Gasteiger charge is 2.27. The molecule has 0 radical (unpaired) electrons. The fourth-order valence-electron chi connectivity index (χ4n) is 0.584. The second-order valence-electron chi connectivity index (χ2n) is 2.41. The van der Waals surface area contributed by atoms with Crippen LogP contribution in [0.15, 0.2) is 0 Å². The van der Waals surface area contributed by atoms with E-state index in [2.05, 4.69) is 9.05 Å². The summed E-state index contributed by atoms with van der Waals surface area (Å²) < 4.78 is 18.8. The highest BCUT2D eigenvalue weighted by Crippen LogP contribution is 2.42. The summed E-state index contributed by atoms with van der Waals surface area (Å²) in [6.45, 7) is 0. The summed E-state index contributed by atoms with van der Waals surface area (Å²) >= 11 is 0. The van der Waals surface area contributed by atoms with E-state index in [1.54, 1.807) is 0 Å². The van der Waals surface area contributed by atoms with Crippen molar-refractivity contribution < 1.29 is 28.1 Å². The van der Waals surface area contributed by atoms with Crippen LogP contribution in [0.5, 0.6) is 0 Å². The van der Waals surface area contributed by atoms with E-state index in [9.17, 15) is 14.2 Å². The molecule has 0 fully saturated rings. The van der Waals surface area contributed by atoms with Crippen LogP contribution in [0.25, 0.3) is 0 Å². The van der Waals surface area contributed by atoms with Gasteiger partial charge < -0.3 is 15.1 Å². The number of aldehydes is 1. The van der Waals surface area contributed by atoms with Gasteiger partial charge in [0.15, 0.2) is 0 Å². The predicted octanol–water partition coefficient (Wildman–Crippen LogP) is -0.417. The molecule has 0 aromatic rings. The van der Waals surface area contributed by atoms with Crippen LogP contribution in [0.4, 0.5) is 0 Å². The molecule has 3 N–H and O–H groups in total. The molecule has 2 unspecified atom stereocenters. The lowest BCUT2D eigenvalue weighted by atomic mass is 10.2. The number of hydrogen-bond acceptors (Lipinski definition) is 6. The lowest BCUT2D eigenvalue weighted by molar-refractivity contribution is -0.137. The van der Waals surface area contributed by atoms with Crippen LogP contribution in [0.1, 0.15) is 12.8 Å². The lowest BCUT2D eigenvalue weighted by Crippen LogP contribution is -2.31. The maximum absolute atomic E-state index is 10.9. The van der Waals surface area contributed by atoms with Gasteiger partial charge in [-0.1, -0.05) is 0 Å². The standard InChI is InChI=1S/C6H12NO6P/c1-12-14(10,11)13-6(9)5(7)3-2-4-8/h4-5H,2-3,7H2,1H3,(H,10,11). The van der Waals surface area contributed by atoms with Crippen LogP contribution >= 0.6 is 7.82 Å². The largest absolute Gasteiger partial charge is 0.529 e. The molecule has 0 amide bonds. The second-order valence-corrected chi connectivity index (χ2v) is 3.90. The maximum Gasteiger partial charge on any atom is 0.529 e. The number of rotatable bonds is 6. The molecule has 0 bridgehead atoms. The maximum atomic E-state index is 10.9. The fraction of sp³-hybridized carbons (Fsp3) is 0.667. The van der Waals surface area contributed by atoms with Gasteiger partial charge in [0.2, 0.25) is 0 Å². The summed E-state index contributed by atoms with van der Waals surface area (Å²) in [6.07, 6.45) is 0.729. The van der Waals surface area contributed by atoms with E-state index >= 15 is 0 Å². The molecule has 2 atom stereocenters. The number of nitrogens with two attached hydrogens (primary N) is 1. The summed E-state index contributed by atoms with van der Waals surface area (Å²) in [7, 11) is -3.41. The lowest BCUT2D eigenvalue weighted by Gasteiger charge is -2.12. The number of carbonyl (C=O) groups is 2. The third-order valence-electron chi connectivity index (χ3n) is 1.33. The fourth-order valence-corrected chi connectivity index (χ4v) is 1.02. The Balaban J connectivity index is 4.07. The molecule has 0 rings (SSSR count). The minimum atomic E-state index is -4.33. The smallest absolute Gasteiger partial charge is 0.369 e. The Labute approximate surface area is 80.8 Å². The summed E-state index contributed by atoms with van der Waals surface area (Å²) in [6, 6.07) is -1.10. The average Bonchev–Trinajstić information content (AvgIpc) is 2.13. The molecule has 0 spiro atoms. The Morgan fingerprint density at radius 2 is 2.29 bits per heavy atom. The van der Waals surface area contributed by atoms with E-state index in [1.165, 1.54) is 0 Å². The van der Waals surface area contributed by atoms with Gasteiger partial charge in [0.25, 0.3) is 0 Å². The van der Waals surface area contributed by atoms with Gasteiger partial charge in [0, 0.05) is 13.5 Å². The number of phosphoric ester groups is 1. The van der Waals surface area contributed by atoms with Crippen molar-refractivity contribution in [1.82, 2.24) is 0 Å². The minimum absolute atomic E-state index is 0.0616. The van der Waals surface area contributed by atoms with E-state index in [4.69, 9.17) is 10.6 Å². The van der Waals surface area contributed by atoms with E-state index < -0.39 is 19.8 Å². The molecule has 7 nitrogen and oxygen atoms in total. The molecule has 0 heterocycles. The summed E-state index contributed by atoms with van der Waals surface area (Å²) in [5.74, 6) is -1.07. The zero-order chi connectivity index (χ0) is 11.2. The van der Waals surface area contributed by atoms with Crippen molar-refractivity contribution in [3.8, 4) is 0 Å². The molecule has 0 saturated carbocycles. The quantitative estimate of drug-likeness (QED) is 0.465. The highest BCUT2D eigenvalue weighted by molar-refractivity contribution is 7.48. The summed E-state index contributed by atoms with van der Waals surface area (Å²) in [5.41, 5.74) is 5.24. The molecule has 0 aliphatic carbocycles. The van der Waals surface area contributed by atoms with Crippen LogP contribution in [0.2, 0.25) is 0 Å². The van der Waals surface area contributed by atoms with Crippen LogP contribution < -0.4 is 5.73 Å². The Morgan fingerprint density at radius 1 is 1.71 bits per heavy atom. The molecule has 0 saturated heterocycles. The zero-order valence-electron chi connectivity index (χ0n) is 7.58. The Bertz CT molecular complexity index is 255. The first-order valence-electron chi connectivity index (χ1n) is 3.74. The Kier molecular flexibility index (Phi) is 5.56. The average molecular weight is 225 g/mol. The number of carbonyl (C=O) groups excluding carboxylic acids is 2. The summed E-state index contributed by atoms with van der Waals surface area (Å²) in [4.78, 5) is 29.6. The van der Waals surface area contributed by atoms with Crippen molar-refractivity contribution in [2.75, 3.05) is 7.11 Å². The van der Waals surface area contributed by atoms with Crippen LogP contribution in [0, 0.1) is 0 Å². The third-order valence-corrected chi connectivity index (χ3v) is 2.21. The van der Waals surface area contributed by atoms with E-state index in [0.29, 0.717) is 6.29 Å². The zero-order valence-corrected chi connectivity index (χ0v) is 8.48. The van der Waals surface area contributed by atoms with Crippen molar-refractivity contribution in [3.05, 3.63) is 0 Å². The molecular formula is C6H12NO6P. The van der Waals surface area contributed by atoms with Gasteiger partial charge >= 0.3 is 13.8 Å². The third kappa shape index (κ3) is 5.08. The van der Waals surface area contributed by atoms with Gasteiger partial charge in [-0.2, -0.15) is 0 Å². The normalized spacial score (nSPS) is 16.8. The molecule has 0 aromatic carbocycles. The van der Waals surface area contributed by atoms with Crippen molar-refractivity contribution in [2.24, 2.45) is 5.73 Å². The topological polar surface area (TPSA) is 116 Å². The molecule has 14 heavy (non-hydrogen) atoms. The first kappa shape index (κ1) is 13.2. The molecule has 0 aliphatic heterocycles. The van der Waals surface area contributed by atoms with Crippen molar-refractivity contribution >= 4 is 20.1 Å². The van der Waals surface area contributed by atoms with Gasteiger partial charge in [-0.3, -0.25) is 9.42 Å². The van der Waals surface area contributed by atoms with E-state index in [1.807, 2.05) is 0 Å². The Morgan fingerprint density at radius 3 is 2.71 bits per heavy atom. The molecule has 0 aliphatic rings. The van der Waals surface area contributed by atoms with Crippen LogP contribution in [-0.4, -0.2) is 30.3 Å². The Hall–Kier alpha value is -0.750. The first-order chi connectivity index (χ1) is 6.43. The monoisotopic (exact) mass is 225 g/mol. The minimum Gasteiger partial charge on any atom is -0.369 e.